The molecule has 3 nitrogen and oxygen atoms in total. The third-order valence-corrected chi connectivity index (χ3v) is 5.92. The highest BCUT2D eigenvalue weighted by Gasteiger charge is 2.29. The molecule has 0 aliphatic heterocycles. The van der Waals surface area contributed by atoms with Gasteiger partial charge in [-0.25, -0.2) is 0 Å². The lowest BCUT2D eigenvalue weighted by Crippen LogP contribution is -2.45. The van der Waals surface area contributed by atoms with Gasteiger partial charge in [-0.1, -0.05) is 26.2 Å². The second-order valence-electron chi connectivity index (χ2n) is 6.01. The molecule has 4 heteroatoms. The Morgan fingerprint density at radius 1 is 1.21 bits per heavy atom. The van der Waals surface area contributed by atoms with Gasteiger partial charge in [0.05, 0.1) is 0 Å². The lowest BCUT2D eigenvalue weighted by molar-refractivity contribution is -0.122. The highest BCUT2D eigenvalue weighted by molar-refractivity contribution is 7.99. The molecule has 2 rings (SSSR count). The van der Waals surface area contributed by atoms with Crippen LogP contribution in [0.1, 0.15) is 58.3 Å². The van der Waals surface area contributed by atoms with Gasteiger partial charge < -0.3 is 11.1 Å². The van der Waals surface area contributed by atoms with E-state index in [9.17, 15) is 4.79 Å². The number of carbonyl (C=O) groups excluding carboxylic acids is 1. The molecular weight excluding hydrogens is 256 g/mol. The first-order valence-electron chi connectivity index (χ1n) is 7.87. The van der Waals surface area contributed by atoms with Crippen molar-refractivity contribution in [1.82, 2.24) is 5.32 Å². The fourth-order valence-corrected chi connectivity index (χ4v) is 4.70. The third-order valence-electron chi connectivity index (χ3n) is 4.60. The molecule has 2 aliphatic carbocycles. The Balaban J connectivity index is 1.79. The van der Waals surface area contributed by atoms with E-state index < -0.39 is 0 Å². The molecule has 0 aromatic rings. The van der Waals surface area contributed by atoms with E-state index >= 15 is 0 Å². The Bertz CT molecular complexity index is 296. The number of nitrogens with two attached hydrogens (primary N) is 1. The molecule has 0 aromatic carbocycles. The maximum Gasteiger partial charge on any atom is 0.220 e. The normalized spacial score (nSPS) is 35.3. The van der Waals surface area contributed by atoms with Gasteiger partial charge in [0.2, 0.25) is 5.91 Å². The van der Waals surface area contributed by atoms with E-state index in [4.69, 9.17) is 5.73 Å². The number of amides is 1. The quantitative estimate of drug-likeness (QED) is 0.816. The van der Waals surface area contributed by atoms with Crippen LogP contribution >= 0.6 is 11.8 Å². The van der Waals surface area contributed by atoms with Crippen LogP contribution in [0.25, 0.3) is 0 Å². The molecular formula is C15H28N2OS. The van der Waals surface area contributed by atoms with Gasteiger partial charge in [0.1, 0.15) is 0 Å². The van der Waals surface area contributed by atoms with E-state index in [1.165, 1.54) is 25.7 Å². The number of hydrogen-bond acceptors (Lipinski definition) is 3. The zero-order valence-electron chi connectivity index (χ0n) is 12.1. The summed E-state index contributed by atoms with van der Waals surface area (Å²) in [7, 11) is 0. The van der Waals surface area contributed by atoms with Crippen LogP contribution in [-0.2, 0) is 4.79 Å². The van der Waals surface area contributed by atoms with Crippen molar-refractivity contribution in [3.63, 3.8) is 0 Å². The van der Waals surface area contributed by atoms with E-state index in [0.29, 0.717) is 23.6 Å². The minimum atomic E-state index is 0.232. The Hall–Kier alpha value is -0.220. The maximum atomic E-state index is 12.2. The molecule has 2 fully saturated rings. The van der Waals surface area contributed by atoms with Crippen molar-refractivity contribution in [1.29, 1.82) is 0 Å². The van der Waals surface area contributed by atoms with Gasteiger partial charge in [0, 0.05) is 23.8 Å². The van der Waals surface area contributed by atoms with Crippen LogP contribution in [0.15, 0.2) is 0 Å². The first-order chi connectivity index (χ1) is 9.20. The van der Waals surface area contributed by atoms with Gasteiger partial charge in [0.15, 0.2) is 0 Å². The number of hydrogen-bond donors (Lipinski definition) is 2. The van der Waals surface area contributed by atoms with Crippen LogP contribution in [-0.4, -0.2) is 29.0 Å². The molecule has 0 heterocycles. The molecule has 0 radical (unpaired) electrons. The average molecular weight is 284 g/mol. The van der Waals surface area contributed by atoms with E-state index in [2.05, 4.69) is 12.2 Å². The van der Waals surface area contributed by atoms with Crippen molar-refractivity contribution in [3.8, 4) is 0 Å². The largest absolute Gasteiger partial charge is 0.352 e. The highest BCUT2D eigenvalue weighted by atomic mass is 32.2. The molecule has 19 heavy (non-hydrogen) atoms. The molecule has 2 aliphatic rings. The summed E-state index contributed by atoms with van der Waals surface area (Å²) in [6.45, 7) is 2.20. The summed E-state index contributed by atoms with van der Waals surface area (Å²) in [5, 5.41) is 3.91. The van der Waals surface area contributed by atoms with E-state index in [-0.39, 0.29) is 11.9 Å². The molecule has 0 bridgehead atoms. The SMILES string of the molecule is CCSC1CCCCC1NC(=O)C[C@@H]1CCC[C@H]1N. The predicted molar refractivity (Wildman–Crippen MR) is 82.3 cm³/mol. The summed E-state index contributed by atoms with van der Waals surface area (Å²) in [6.07, 6.45) is 9.04. The van der Waals surface area contributed by atoms with Crippen LogP contribution in [0.5, 0.6) is 0 Å². The van der Waals surface area contributed by atoms with Gasteiger partial charge in [-0.05, 0) is 37.4 Å². The zero-order valence-corrected chi connectivity index (χ0v) is 12.9. The lowest BCUT2D eigenvalue weighted by atomic mass is 9.94. The molecule has 1 amide bonds. The Morgan fingerprint density at radius 2 is 2.00 bits per heavy atom. The first-order valence-corrected chi connectivity index (χ1v) is 8.92. The van der Waals surface area contributed by atoms with Crippen molar-refractivity contribution >= 4 is 17.7 Å². The summed E-state index contributed by atoms with van der Waals surface area (Å²) in [5.41, 5.74) is 6.05. The van der Waals surface area contributed by atoms with Crippen molar-refractivity contribution in [2.75, 3.05) is 5.75 Å². The van der Waals surface area contributed by atoms with E-state index in [1.54, 1.807) is 0 Å². The van der Waals surface area contributed by atoms with Gasteiger partial charge >= 0.3 is 0 Å². The molecule has 2 unspecified atom stereocenters. The topological polar surface area (TPSA) is 55.1 Å². The highest BCUT2D eigenvalue weighted by Crippen LogP contribution is 2.30. The second-order valence-corrected chi connectivity index (χ2v) is 7.53. The molecule has 110 valence electrons. The predicted octanol–water partition coefficient (Wildman–Crippen LogP) is 2.68. The fraction of sp³-hybridized carbons (Fsp3) is 0.933. The third kappa shape index (κ3) is 4.38. The number of carbonyl (C=O) groups is 1. The van der Waals surface area contributed by atoms with Crippen molar-refractivity contribution in [2.24, 2.45) is 11.7 Å². The zero-order chi connectivity index (χ0) is 13.7. The minimum Gasteiger partial charge on any atom is -0.352 e. The summed E-state index contributed by atoms with van der Waals surface area (Å²) in [5.74, 6) is 1.79. The van der Waals surface area contributed by atoms with Crippen molar-refractivity contribution in [3.05, 3.63) is 0 Å². The fourth-order valence-electron chi connectivity index (χ4n) is 3.50. The van der Waals surface area contributed by atoms with Crippen LogP contribution in [0.3, 0.4) is 0 Å². The van der Waals surface area contributed by atoms with Crippen molar-refractivity contribution < 1.29 is 4.79 Å². The number of thioether (sulfide) groups is 1. The minimum absolute atomic E-state index is 0.232. The lowest BCUT2D eigenvalue weighted by Gasteiger charge is -2.32. The van der Waals surface area contributed by atoms with Gasteiger partial charge in [-0.15, -0.1) is 0 Å². The Kier molecular flexibility index (Phi) is 6.02. The summed E-state index contributed by atoms with van der Waals surface area (Å²) in [4.78, 5) is 12.2. The van der Waals surface area contributed by atoms with Crippen LogP contribution < -0.4 is 11.1 Å². The molecule has 4 atom stereocenters. The Morgan fingerprint density at radius 3 is 2.68 bits per heavy atom. The van der Waals surface area contributed by atoms with Gasteiger partial charge in [0.25, 0.3) is 0 Å². The molecule has 3 N–H and O–H groups in total. The molecule has 2 saturated carbocycles. The van der Waals surface area contributed by atoms with Crippen LogP contribution in [0, 0.1) is 5.92 Å². The summed E-state index contributed by atoms with van der Waals surface area (Å²) >= 11 is 2.01. The number of nitrogens with one attached hydrogen (secondary N) is 1. The number of rotatable bonds is 5. The standard InChI is InChI=1S/C15H28N2OS/c1-2-19-14-9-4-3-8-13(14)17-15(18)10-11-6-5-7-12(11)16/h11-14H,2-10,16H2,1H3,(H,17,18)/t11-,12+,13?,14?/m0/s1. The molecule has 0 saturated heterocycles. The summed E-state index contributed by atoms with van der Waals surface area (Å²) in [6, 6.07) is 0.641. The van der Waals surface area contributed by atoms with Gasteiger partial charge in [-0.3, -0.25) is 4.79 Å². The maximum absolute atomic E-state index is 12.2. The van der Waals surface area contributed by atoms with E-state index in [1.807, 2.05) is 11.8 Å². The Labute approximate surface area is 121 Å². The van der Waals surface area contributed by atoms with E-state index in [0.717, 1.165) is 25.0 Å². The van der Waals surface area contributed by atoms with Crippen molar-refractivity contribution in [2.45, 2.75) is 75.6 Å². The smallest absolute Gasteiger partial charge is 0.220 e. The molecule has 0 aromatic heterocycles. The molecule has 0 spiro atoms. The van der Waals surface area contributed by atoms with Crippen LogP contribution in [0.2, 0.25) is 0 Å². The monoisotopic (exact) mass is 284 g/mol. The first kappa shape index (κ1) is 15.2. The average Bonchev–Trinajstić information content (AvgIpc) is 2.78. The second kappa shape index (κ2) is 7.53. The van der Waals surface area contributed by atoms with Gasteiger partial charge in [-0.2, -0.15) is 11.8 Å². The summed E-state index contributed by atoms with van der Waals surface area (Å²) < 4.78 is 0. The van der Waals surface area contributed by atoms with Crippen LogP contribution in [0.4, 0.5) is 0 Å².